The molecule has 0 amide bonds. The van der Waals surface area contributed by atoms with Crippen molar-refractivity contribution >= 4 is 16.6 Å². The van der Waals surface area contributed by atoms with Gasteiger partial charge in [0.1, 0.15) is 0 Å². The largest absolute Gasteiger partial charge is 0.399 e. The highest BCUT2D eigenvalue weighted by Gasteiger charge is 2.20. The minimum absolute atomic E-state index is 0.682. The number of likely N-dealkylation sites (tertiary alicyclic amines) is 1. The summed E-state index contributed by atoms with van der Waals surface area (Å²) in [4.78, 5) is 5.76. The summed E-state index contributed by atoms with van der Waals surface area (Å²) in [6.07, 6.45) is 4.66. The van der Waals surface area contributed by atoms with Crippen molar-refractivity contribution in [3.05, 3.63) is 30.0 Å². The first kappa shape index (κ1) is 10.7. The second kappa shape index (κ2) is 4.08. The van der Waals surface area contributed by atoms with Gasteiger partial charge in [0.2, 0.25) is 0 Å². The molecule has 0 unspecified atom stereocenters. The highest BCUT2D eigenvalue weighted by Crippen LogP contribution is 2.33. The van der Waals surface area contributed by atoms with Gasteiger partial charge < -0.3 is 15.6 Å². The van der Waals surface area contributed by atoms with E-state index in [4.69, 9.17) is 5.73 Å². The van der Waals surface area contributed by atoms with Crippen molar-refractivity contribution in [3.8, 4) is 0 Å². The Labute approximate surface area is 102 Å². The molecule has 1 saturated heterocycles. The van der Waals surface area contributed by atoms with Crippen molar-refractivity contribution < 1.29 is 0 Å². The molecule has 1 fully saturated rings. The smallest absolute Gasteiger partial charge is 0.0458 e. The van der Waals surface area contributed by atoms with Gasteiger partial charge >= 0.3 is 0 Å². The molecule has 90 valence electrons. The molecule has 3 nitrogen and oxygen atoms in total. The molecule has 17 heavy (non-hydrogen) atoms. The molecule has 2 aromatic rings. The molecule has 1 aliphatic heterocycles. The number of nitrogen functional groups attached to an aromatic ring is 1. The van der Waals surface area contributed by atoms with Gasteiger partial charge in [0, 0.05) is 22.8 Å². The number of benzene rings is 1. The fraction of sp³-hybridized carbons (Fsp3) is 0.429. The maximum Gasteiger partial charge on any atom is 0.0458 e. The number of anilines is 1. The Balaban J connectivity index is 1.97. The van der Waals surface area contributed by atoms with Crippen molar-refractivity contribution in [1.29, 1.82) is 0 Å². The molecular formula is C14H19N3. The van der Waals surface area contributed by atoms with Crippen LogP contribution in [0.15, 0.2) is 24.4 Å². The number of rotatable bonds is 1. The second-order valence-corrected chi connectivity index (χ2v) is 5.13. The highest BCUT2D eigenvalue weighted by molar-refractivity contribution is 5.86. The van der Waals surface area contributed by atoms with Crippen LogP contribution in [0.5, 0.6) is 0 Å². The van der Waals surface area contributed by atoms with Gasteiger partial charge in [-0.05, 0) is 62.7 Å². The first-order valence-corrected chi connectivity index (χ1v) is 6.29. The second-order valence-electron chi connectivity index (χ2n) is 5.13. The maximum absolute atomic E-state index is 5.88. The monoisotopic (exact) mass is 229 g/mol. The molecular weight excluding hydrogens is 210 g/mol. The van der Waals surface area contributed by atoms with E-state index < -0.39 is 0 Å². The number of hydrogen-bond donors (Lipinski definition) is 2. The van der Waals surface area contributed by atoms with Crippen molar-refractivity contribution in [2.75, 3.05) is 25.9 Å². The minimum atomic E-state index is 0.682. The number of H-pyrrole nitrogens is 1. The van der Waals surface area contributed by atoms with E-state index in [0.29, 0.717) is 5.92 Å². The van der Waals surface area contributed by atoms with Gasteiger partial charge in [-0.25, -0.2) is 0 Å². The number of piperidine rings is 1. The van der Waals surface area contributed by atoms with Crippen LogP contribution in [0.1, 0.15) is 24.3 Å². The van der Waals surface area contributed by atoms with E-state index in [2.05, 4.69) is 35.3 Å². The third kappa shape index (κ3) is 1.91. The quantitative estimate of drug-likeness (QED) is 0.738. The average Bonchev–Trinajstić information content (AvgIpc) is 2.73. The lowest BCUT2D eigenvalue weighted by molar-refractivity contribution is 0.256. The molecule has 0 bridgehead atoms. The van der Waals surface area contributed by atoms with Gasteiger partial charge in [-0.15, -0.1) is 0 Å². The van der Waals surface area contributed by atoms with Crippen LogP contribution in [-0.2, 0) is 0 Å². The van der Waals surface area contributed by atoms with Crippen LogP contribution in [-0.4, -0.2) is 30.0 Å². The van der Waals surface area contributed by atoms with Gasteiger partial charge in [-0.1, -0.05) is 0 Å². The third-order valence-corrected chi connectivity index (χ3v) is 3.90. The molecule has 0 aliphatic carbocycles. The Hall–Kier alpha value is -1.48. The number of fused-ring (bicyclic) bond motifs is 1. The lowest BCUT2D eigenvalue weighted by Crippen LogP contribution is -2.29. The Bertz CT molecular complexity index is 521. The number of nitrogens with zero attached hydrogens (tertiary/aromatic N) is 1. The summed E-state index contributed by atoms with van der Waals surface area (Å²) >= 11 is 0. The summed E-state index contributed by atoms with van der Waals surface area (Å²) in [5, 5.41) is 1.31. The molecule has 1 aliphatic rings. The summed E-state index contributed by atoms with van der Waals surface area (Å²) in [6.45, 7) is 2.39. The lowest BCUT2D eigenvalue weighted by Gasteiger charge is -2.28. The number of hydrogen-bond acceptors (Lipinski definition) is 2. The Kier molecular flexibility index (Phi) is 2.56. The standard InChI is InChI=1S/C14H19N3/c1-17-6-4-10(5-7-17)13-9-16-14-3-2-11(15)8-12(13)14/h2-3,8-10,16H,4-7,15H2,1H3. The molecule has 0 saturated carbocycles. The Morgan fingerprint density at radius 3 is 2.82 bits per heavy atom. The molecule has 0 spiro atoms. The minimum Gasteiger partial charge on any atom is -0.399 e. The van der Waals surface area contributed by atoms with E-state index in [1.54, 1.807) is 0 Å². The van der Waals surface area contributed by atoms with E-state index in [-0.39, 0.29) is 0 Å². The van der Waals surface area contributed by atoms with E-state index in [1.165, 1.54) is 42.4 Å². The fourth-order valence-electron chi connectivity index (χ4n) is 2.82. The molecule has 3 N–H and O–H groups in total. The van der Waals surface area contributed by atoms with Crippen molar-refractivity contribution in [3.63, 3.8) is 0 Å². The normalized spacial score (nSPS) is 18.9. The molecule has 3 rings (SSSR count). The lowest BCUT2D eigenvalue weighted by atomic mass is 9.89. The predicted octanol–water partition coefficient (Wildman–Crippen LogP) is 2.56. The first-order valence-electron chi connectivity index (χ1n) is 6.29. The first-order chi connectivity index (χ1) is 8.24. The topological polar surface area (TPSA) is 45.0 Å². The van der Waals surface area contributed by atoms with Crippen LogP contribution in [0.4, 0.5) is 5.69 Å². The Morgan fingerprint density at radius 1 is 1.29 bits per heavy atom. The van der Waals surface area contributed by atoms with Crippen LogP contribution in [0.25, 0.3) is 10.9 Å². The molecule has 2 heterocycles. The average molecular weight is 229 g/mol. The number of nitrogens with one attached hydrogen (secondary N) is 1. The van der Waals surface area contributed by atoms with Gasteiger partial charge in [-0.3, -0.25) is 0 Å². The molecule has 0 radical (unpaired) electrons. The van der Waals surface area contributed by atoms with Crippen LogP contribution in [0.3, 0.4) is 0 Å². The van der Waals surface area contributed by atoms with Crippen LogP contribution >= 0.6 is 0 Å². The number of aromatic amines is 1. The van der Waals surface area contributed by atoms with Gasteiger partial charge in [0.25, 0.3) is 0 Å². The maximum atomic E-state index is 5.88. The molecule has 3 heteroatoms. The summed E-state index contributed by atoms with van der Waals surface area (Å²) in [7, 11) is 2.20. The van der Waals surface area contributed by atoms with E-state index in [1.807, 2.05) is 6.07 Å². The van der Waals surface area contributed by atoms with Crippen molar-refractivity contribution in [2.45, 2.75) is 18.8 Å². The van der Waals surface area contributed by atoms with Crippen LogP contribution in [0.2, 0.25) is 0 Å². The van der Waals surface area contributed by atoms with Gasteiger partial charge in [0.05, 0.1) is 0 Å². The molecule has 0 atom stereocenters. The summed E-state index contributed by atoms with van der Waals surface area (Å²) in [5.74, 6) is 0.682. The van der Waals surface area contributed by atoms with Crippen molar-refractivity contribution in [1.82, 2.24) is 9.88 Å². The van der Waals surface area contributed by atoms with E-state index in [0.717, 1.165) is 5.69 Å². The van der Waals surface area contributed by atoms with E-state index in [9.17, 15) is 0 Å². The highest BCUT2D eigenvalue weighted by atomic mass is 15.1. The molecule has 1 aromatic carbocycles. The summed E-state index contributed by atoms with van der Waals surface area (Å²) in [6, 6.07) is 6.12. The van der Waals surface area contributed by atoms with Crippen LogP contribution < -0.4 is 5.73 Å². The van der Waals surface area contributed by atoms with Gasteiger partial charge in [-0.2, -0.15) is 0 Å². The number of aromatic nitrogens is 1. The zero-order valence-electron chi connectivity index (χ0n) is 10.2. The van der Waals surface area contributed by atoms with Crippen LogP contribution in [0, 0.1) is 0 Å². The zero-order valence-corrected chi connectivity index (χ0v) is 10.2. The fourth-order valence-corrected chi connectivity index (χ4v) is 2.82. The van der Waals surface area contributed by atoms with Crippen molar-refractivity contribution in [2.24, 2.45) is 0 Å². The molecule has 1 aromatic heterocycles. The summed E-state index contributed by atoms with van der Waals surface area (Å²) in [5.41, 5.74) is 9.38. The zero-order chi connectivity index (χ0) is 11.8. The van der Waals surface area contributed by atoms with E-state index >= 15 is 0 Å². The van der Waals surface area contributed by atoms with Gasteiger partial charge in [0.15, 0.2) is 0 Å². The Morgan fingerprint density at radius 2 is 2.06 bits per heavy atom. The number of nitrogens with two attached hydrogens (primary N) is 1. The SMILES string of the molecule is CN1CCC(c2c[nH]c3ccc(N)cc23)CC1. The summed E-state index contributed by atoms with van der Waals surface area (Å²) < 4.78 is 0. The predicted molar refractivity (Wildman–Crippen MR) is 72.2 cm³/mol. The third-order valence-electron chi connectivity index (χ3n) is 3.90.